The molecule has 46 heavy (non-hydrogen) atoms. The van der Waals surface area contributed by atoms with Crippen LogP contribution in [0, 0.1) is 0 Å². The Labute approximate surface area is 280 Å². The lowest BCUT2D eigenvalue weighted by atomic mass is 10.1. The number of nitrogens with zero attached hydrogens (tertiary/aromatic N) is 3. The number of sulfonamides is 1. The van der Waals surface area contributed by atoms with E-state index in [1.54, 1.807) is 19.1 Å². The molecule has 1 fully saturated rings. The summed E-state index contributed by atoms with van der Waals surface area (Å²) in [5.41, 5.74) is 2.60. The van der Waals surface area contributed by atoms with E-state index in [4.69, 9.17) is 9.15 Å². The number of ether oxygens (including phenoxy) is 1. The van der Waals surface area contributed by atoms with Gasteiger partial charge in [0.25, 0.3) is 15.9 Å². The average Bonchev–Trinajstić information content (AvgIpc) is 3.71. The maximum Gasteiger partial charge on any atom is 0.374 e. The molecule has 3 heterocycles. The van der Waals surface area contributed by atoms with Crippen molar-refractivity contribution in [3.05, 3.63) is 111 Å². The van der Waals surface area contributed by atoms with Gasteiger partial charge in [0.1, 0.15) is 10.5 Å². The molecular formula is C34H32BrN3O6S2. The predicted molar refractivity (Wildman–Crippen MR) is 183 cm³/mol. The minimum atomic E-state index is -4.09. The Morgan fingerprint density at radius 1 is 0.957 bits per heavy atom. The quantitative estimate of drug-likeness (QED) is 0.146. The van der Waals surface area contributed by atoms with E-state index in [-0.39, 0.29) is 35.3 Å². The monoisotopic (exact) mass is 721 g/mol. The zero-order chi connectivity index (χ0) is 32.3. The number of carbonyl (C=O) groups is 2. The summed E-state index contributed by atoms with van der Waals surface area (Å²) in [6.45, 7) is 4.21. The number of amides is 1. The number of benzene rings is 3. The van der Waals surface area contributed by atoms with Gasteiger partial charge in [-0.2, -0.15) is 0 Å². The van der Waals surface area contributed by atoms with Crippen LogP contribution in [0.4, 0.5) is 11.4 Å². The standard InChI is InChI=1S/C34H32BrN3O6S2/c1-2-43-34(40)31-22-25-12-13-26(23-30(25)44-31)46(41,42)38(16-14-24-8-4-3-5-9-24)29-11-7-6-10-28(29)36-17-19-37(20-18-36)33(39)32-27(35)15-21-45-32/h3-13,15,21-23H,2,14,16-20H2,1H3. The lowest BCUT2D eigenvalue weighted by Crippen LogP contribution is -2.49. The molecule has 0 unspecified atom stereocenters. The van der Waals surface area contributed by atoms with Gasteiger partial charge in [0.2, 0.25) is 5.76 Å². The number of thiophene rings is 1. The lowest BCUT2D eigenvalue weighted by molar-refractivity contribution is 0.0492. The molecule has 0 spiro atoms. The molecule has 0 radical (unpaired) electrons. The Hall–Kier alpha value is -4.13. The van der Waals surface area contributed by atoms with Crippen molar-refractivity contribution in [2.75, 3.05) is 48.5 Å². The third-order valence-electron chi connectivity index (χ3n) is 7.87. The highest BCUT2D eigenvalue weighted by molar-refractivity contribution is 9.10. The largest absolute Gasteiger partial charge is 0.460 e. The van der Waals surface area contributed by atoms with Gasteiger partial charge in [-0.1, -0.05) is 42.5 Å². The van der Waals surface area contributed by atoms with Gasteiger partial charge in [-0.05, 0) is 76.6 Å². The van der Waals surface area contributed by atoms with E-state index >= 15 is 0 Å². The van der Waals surface area contributed by atoms with Crippen molar-refractivity contribution in [3.63, 3.8) is 0 Å². The fraction of sp³-hybridized carbons (Fsp3) is 0.235. The lowest BCUT2D eigenvalue weighted by Gasteiger charge is -2.38. The van der Waals surface area contributed by atoms with E-state index in [2.05, 4.69) is 20.8 Å². The average molecular weight is 723 g/mol. The van der Waals surface area contributed by atoms with Crippen molar-refractivity contribution in [2.24, 2.45) is 0 Å². The maximum atomic E-state index is 14.5. The molecule has 1 amide bonds. The summed E-state index contributed by atoms with van der Waals surface area (Å²) in [5, 5.41) is 2.48. The summed E-state index contributed by atoms with van der Waals surface area (Å²) in [7, 11) is -4.09. The zero-order valence-electron chi connectivity index (χ0n) is 25.1. The molecule has 0 saturated carbocycles. The minimum absolute atomic E-state index is 0.0127. The first-order chi connectivity index (χ1) is 22.3. The van der Waals surface area contributed by atoms with Gasteiger partial charge in [-0.15, -0.1) is 11.3 Å². The third-order valence-corrected chi connectivity index (χ3v) is 11.5. The molecule has 3 aromatic carbocycles. The van der Waals surface area contributed by atoms with Crippen LogP contribution in [0.15, 0.2) is 104 Å². The molecule has 6 rings (SSSR count). The summed E-state index contributed by atoms with van der Waals surface area (Å²) in [5.74, 6) is -0.602. The second kappa shape index (κ2) is 13.7. The van der Waals surface area contributed by atoms with Gasteiger partial charge in [-0.25, -0.2) is 13.2 Å². The molecule has 2 aromatic heterocycles. The van der Waals surface area contributed by atoms with Crippen molar-refractivity contribution in [2.45, 2.75) is 18.2 Å². The van der Waals surface area contributed by atoms with E-state index in [0.717, 1.165) is 15.7 Å². The Morgan fingerprint density at radius 2 is 1.70 bits per heavy atom. The SMILES string of the molecule is CCOC(=O)c1cc2ccc(S(=O)(=O)N(CCc3ccccc3)c3ccccc3N3CCN(C(=O)c4sccc4Br)CC3)cc2o1. The number of fused-ring (bicyclic) bond motifs is 1. The van der Waals surface area contributed by atoms with E-state index in [1.165, 1.54) is 27.8 Å². The number of rotatable bonds is 10. The van der Waals surface area contributed by atoms with E-state index in [9.17, 15) is 18.0 Å². The van der Waals surface area contributed by atoms with Crippen molar-refractivity contribution in [1.29, 1.82) is 0 Å². The number of halogens is 1. The highest BCUT2D eigenvalue weighted by atomic mass is 79.9. The first kappa shape index (κ1) is 31.8. The van der Waals surface area contributed by atoms with Crippen LogP contribution in [0.25, 0.3) is 11.0 Å². The number of anilines is 2. The number of para-hydroxylation sites is 2. The highest BCUT2D eigenvalue weighted by Gasteiger charge is 2.31. The number of furan rings is 1. The van der Waals surface area contributed by atoms with Crippen LogP contribution in [0.5, 0.6) is 0 Å². The Bertz CT molecular complexity index is 1970. The maximum absolute atomic E-state index is 14.5. The summed E-state index contributed by atoms with van der Waals surface area (Å²) in [4.78, 5) is 30.1. The number of piperazine rings is 1. The van der Waals surface area contributed by atoms with Crippen molar-refractivity contribution in [1.82, 2.24) is 4.90 Å². The fourth-order valence-electron chi connectivity index (χ4n) is 5.53. The van der Waals surface area contributed by atoms with Gasteiger partial charge >= 0.3 is 5.97 Å². The molecule has 0 bridgehead atoms. The molecule has 0 aliphatic carbocycles. The van der Waals surface area contributed by atoms with E-state index in [1.807, 2.05) is 70.9 Å². The predicted octanol–water partition coefficient (Wildman–Crippen LogP) is 6.83. The summed E-state index contributed by atoms with van der Waals surface area (Å²) >= 11 is 4.88. The van der Waals surface area contributed by atoms with Crippen molar-refractivity contribution in [3.8, 4) is 0 Å². The molecule has 1 aliphatic rings. The van der Waals surface area contributed by atoms with Crippen LogP contribution in [-0.2, 0) is 21.2 Å². The van der Waals surface area contributed by atoms with Gasteiger partial charge in [0, 0.05) is 48.6 Å². The number of carbonyl (C=O) groups excluding carboxylic acids is 2. The second-order valence-electron chi connectivity index (χ2n) is 10.7. The van der Waals surface area contributed by atoms with Crippen LogP contribution in [0.3, 0.4) is 0 Å². The van der Waals surface area contributed by atoms with Crippen LogP contribution < -0.4 is 9.21 Å². The molecule has 238 valence electrons. The van der Waals surface area contributed by atoms with Crippen LogP contribution >= 0.6 is 27.3 Å². The van der Waals surface area contributed by atoms with Crippen molar-refractivity contribution >= 4 is 71.5 Å². The molecule has 9 nitrogen and oxygen atoms in total. The topological polar surface area (TPSA) is 100 Å². The Morgan fingerprint density at radius 3 is 2.41 bits per heavy atom. The van der Waals surface area contributed by atoms with E-state index < -0.39 is 16.0 Å². The Kier molecular flexibility index (Phi) is 9.48. The molecule has 0 atom stereocenters. The molecule has 1 aliphatic heterocycles. The van der Waals surface area contributed by atoms with Crippen LogP contribution in [0.1, 0.15) is 32.7 Å². The minimum Gasteiger partial charge on any atom is -0.460 e. The molecule has 5 aromatic rings. The summed E-state index contributed by atoms with van der Waals surface area (Å²) < 4.78 is 42.0. The van der Waals surface area contributed by atoms with Gasteiger partial charge in [-0.3, -0.25) is 9.10 Å². The number of hydrogen-bond donors (Lipinski definition) is 0. The smallest absolute Gasteiger partial charge is 0.374 e. The normalized spacial score (nSPS) is 13.6. The first-order valence-corrected chi connectivity index (χ1v) is 18.0. The third kappa shape index (κ3) is 6.55. The summed E-state index contributed by atoms with van der Waals surface area (Å²) in [6.07, 6.45) is 0.488. The van der Waals surface area contributed by atoms with E-state index in [0.29, 0.717) is 48.6 Å². The van der Waals surface area contributed by atoms with Crippen LogP contribution in [-0.4, -0.2) is 64.5 Å². The van der Waals surface area contributed by atoms with Gasteiger partial charge < -0.3 is 19.0 Å². The first-order valence-electron chi connectivity index (χ1n) is 14.9. The molecule has 0 N–H and O–H groups in total. The van der Waals surface area contributed by atoms with Gasteiger partial charge in [0.05, 0.1) is 22.9 Å². The Balaban J connectivity index is 1.32. The number of hydrogen-bond acceptors (Lipinski definition) is 8. The van der Waals surface area contributed by atoms with Crippen molar-refractivity contribution < 1.29 is 27.2 Å². The van der Waals surface area contributed by atoms with Crippen LogP contribution in [0.2, 0.25) is 0 Å². The highest BCUT2D eigenvalue weighted by Crippen LogP contribution is 2.35. The fourth-order valence-corrected chi connectivity index (χ4v) is 8.53. The zero-order valence-corrected chi connectivity index (χ0v) is 28.3. The summed E-state index contributed by atoms with van der Waals surface area (Å²) in [6, 6.07) is 25.3. The second-order valence-corrected chi connectivity index (χ2v) is 14.3. The number of esters is 1. The molecular weight excluding hydrogens is 690 g/mol. The van der Waals surface area contributed by atoms with Gasteiger partial charge in [0.15, 0.2) is 0 Å². The molecule has 12 heteroatoms. The molecule has 1 saturated heterocycles.